The summed E-state index contributed by atoms with van der Waals surface area (Å²) in [6.45, 7) is 17.7. The van der Waals surface area contributed by atoms with E-state index in [0.717, 1.165) is 0 Å². The van der Waals surface area contributed by atoms with Crippen LogP contribution in [0.25, 0.3) is 0 Å². The maximum Gasteiger partial charge on any atom is 0.411 e. The maximum atomic E-state index is 13.4. The highest BCUT2D eigenvalue weighted by Gasteiger charge is 2.53. The summed E-state index contributed by atoms with van der Waals surface area (Å²) in [5, 5.41) is 13.9. The fourth-order valence-corrected chi connectivity index (χ4v) is 4.22. The van der Waals surface area contributed by atoms with Gasteiger partial charge in [0.2, 0.25) is 5.91 Å². The van der Waals surface area contributed by atoms with Gasteiger partial charge in [0.05, 0.1) is 18.2 Å². The molecule has 8 heteroatoms. The van der Waals surface area contributed by atoms with Gasteiger partial charge in [0.15, 0.2) is 0 Å². The smallest absolute Gasteiger partial charge is 0.411 e. The van der Waals surface area contributed by atoms with Gasteiger partial charge in [-0.1, -0.05) is 26.0 Å². The lowest BCUT2D eigenvalue weighted by Gasteiger charge is -2.39. The number of likely N-dealkylation sites (tertiary alicyclic amines) is 1. The second kappa shape index (κ2) is 11.4. The number of ether oxygens (including phenoxy) is 2. The summed E-state index contributed by atoms with van der Waals surface area (Å²) < 4.78 is 11.3. The molecule has 0 aromatic carbocycles. The molecule has 33 heavy (non-hydrogen) atoms. The van der Waals surface area contributed by atoms with Crippen molar-refractivity contribution in [1.29, 1.82) is 0 Å². The molecular weight excluding hydrogens is 424 g/mol. The Morgan fingerprint density at radius 2 is 1.64 bits per heavy atom. The van der Waals surface area contributed by atoms with E-state index in [2.05, 4.69) is 5.32 Å². The fraction of sp³-hybridized carbons (Fsp3) is 0.800. The Morgan fingerprint density at radius 3 is 2.06 bits per heavy atom. The Labute approximate surface area is 199 Å². The van der Waals surface area contributed by atoms with E-state index in [1.807, 2.05) is 32.9 Å². The van der Waals surface area contributed by atoms with Crippen molar-refractivity contribution in [2.75, 3.05) is 0 Å². The molecule has 190 valence electrons. The molecule has 1 saturated heterocycles. The van der Waals surface area contributed by atoms with Gasteiger partial charge in [-0.25, -0.2) is 9.59 Å². The van der Waals surface area contributed by atoms with E-state index < -0.39 is 47.5 Å². The molecule has 8 nitrogen and oxygen atoms in total. The molecule has 0 radical (unpaired) electrons. The van der Waals surface area contributed by atoms with E-state index in [1.165, 1.54) is 11.8 Å². The molecule has 0 saturated carbocycles. The van der Waals surface area contributed by atoms with E-state index in [9.17, 15) is 19.5 Å². The Balaban J connectivity index is 3.58. The molecule has 0 aromatic rings. The summed E-state index contributed by atoms with van der Waals surface area (Å²) in [6, 6.07) is -2.38. The number of hydrogen-bond acceptors (Lipinski definition) is 6. The summed E-state index contributed by atoms with van der Waals surface area (Å²) in [7, 11) is 0. The molecule has 2 N–H and O–H groups in total. The number of carbonyl (C=O) groups is 3. The lowest BCUT2D eigenvalue weighted by molar-refractivity contribution is -0.160. The van der Waals surface area contributed by atoms with E-state index in [-0.39, 0.29) is 17.7 Å². The predicted molar refractivity (Wildman–Crippen MR) is 127 cm³/mol. The molecule has 1 aliphatic heterocycles. The summed E-state index contributed by atoms with van der Waals surface area (Å²) in [6.07, 6.45) is 2.87. The van der Waals surface area contributed by atoms with Gasteiger partial charge in [-0.05, 0) is 67.2 Å². The van der Waals surface area contributed by atoms with Crippen LogP contribution < -0.4 is 5.32 Å². The predicted octanol–water partition coefficient (Wildman–Crippen LogP) is 3.81. The van der Waals surface area contributed by atoms with Gasteiger partial charge < -0.3 is 19.9 Å². The molecular formula is C25H44N2O6. The molecule has 2 amide bonds. The molecule has 0 bridgehead atoms. The SMILES string of the molecule is CC=C[C@@H]1C[C@@H](C(=O)OC(C)(C)C)N(C(=O)OC(C)(C)C)[C@H]1[C@@H](NC(C)=O)[C@@H](O)CC(C)C. The monoisotopic (exact) mass is 468 g/mol. The molecule has 5 atom stereocenters. The van der Waals surface area contributed by atoms with E-state index in [0.29, 0.717) is 12.8 Å². The zero-order valence-electron chi connectivity index (χ0n) is 22.0. The van der Waals surface area contributed by atoms with Crippen LogP contribution in [0.2, 0.25) is 0 Å². The Bertz CT molecular complexity index is 719. The summed E-state index contributed by atoms with van der Waals surface area (Å²) in [5.74, 6) is -0.995. The van der Waals surface area contributed by atoms with Gasteiger partial charge in [-0.3, -0.25) is 9.69 Å². The first-order valence-corrected chi connectivity index (χ1v) is 11.8. The minimum Gasteiger partial charge on any atom is -0.458 e. The van der Waals surface area contributed by atoms with Crippen molar-refractivity contribution in [3.8, 4) is 0 Å². The van der Waals surface area contributed by atoms with Crippen LogP contribution in [0.15, 0.2) is 12.2 Å². The third-order valence-corrected chi connectivity index (χ3v) is 5.18. The molecule has 1 fully saturated rings. The third-order valence-electron chi connectivity index (χ3n) is 5.18. The minimum atomic E-state index is -0.922. The quantitative estimate of drug-likeness (QED) is 0.435. The number of carbonyl (C=O) groups excluding carboxylic acids is 3. The van der Waals surface area contributed by atoms with Crippen LogP contribution in [-0.2, 0) is 19.1 Å². The van der Waals surface area contributed by atoms with Crippen molar-refractivity contribution in [3.63, 3.8) is 0 Å². The van der Waals surface area contributed by atoms with Crippen molar-refractivity contribution in [2.45, 2.75) is 118 Å². The van der Waals surface area contributed by atoms with Gasteiger partial charge in [-0.15, -0.1) is 0 Å². The first kappa shape index (κ1) is 28.9. The Morgan fingerprint density at radius 1 is 1.09 bits per heavy atom. The standard InChI is InChI=1S/C25H44N2O6/c1-11-12-17-14-18(22(30)32-24(5,6)7)27(23(31)33-25(8,9)10)21(17)20(26-16(4)28)19(29)13-15(2)3/h11-12,15,17-21,29H,13-14H2,1-10H3,(H,26,28)/t17-,18+,19+,20+,21-/m1/s1. The number of esters is 1. The Hall–Kier alpha value is -2.09. The molecule has 1 heterocycles. The van der Waals surface area contributed by atoms with Crippen molar-refractivity contribution in [3.05, 3.63) is 12.2 Å². The van der Waals surface area contributed by atoms with Gasteiger partial charge in [0, 0.05) is 12.8 Å². The number of hydrogen-bond donors (Lipinski definition) is 2. The van der Waals surface area contributed by atoms with Crippen molar-refractivity contribution in [2.24, 2.45) is 11.8 Å². The Kier molecular flexibility index (Phi) is 9.96. The minimum absolute atomic E-state index is 0.162. The van der Waals surface area contributed by atoms with Gasteiger partial charge in [0.25, 0.3) is 0 Å². The second-order valence-corrected chi connectivity index (χ2v) is 11.3. The average molecular weight is 469 g/mol. The average Bonchev–Trinajstić information content (AvgIpc) is 2.95. The maximum absolute atomic E-state index is 13.4. The molecule has 0 aliphatic carbocycles. The highest BCUT2D eigenvalue weighted by atomic mass is 16.6. The van der Waals surface area contributed by atoms with Crippen LogP contribution in [0.5, 0.6) is 0 Å². The highest BCUT2D eigenvalue weighted by Crippen LogP contribution is 2.37. The van der Waals surface area contributed by atoms with E-state index in [1.54, 1.807) is 41.5 Å². The highest BCUT2D eigenvalue weighted by molar-refractivity contribution is 5.83. The van der Waals surface area contributed by atoms with Crippen molar-refractivity contribution < 1.29 is 29.0 Å². The number of aliphatic hydroxyl groups excluding tert-OH is 1. The molecule has 1 rings (SSSR count). The van der Waals surface area contributed by atoms with Crippen LogP contribution >= 0.6 is 0 Å². The van der Waals surface area contributed by atoms with Crippen LogP contribution in [0.1, 0.15) is 82.1 Å². The van der Waals surface area contributed by atoms with Crippen LogP contribution in [0.3, 0.4) is 0 Å². The summed E-state index contributed by atoms with van der Waals surface area (Å²) in [4.78, 5) is 40.1. The van der Waals surface area contributed by atoms with Crippen molar-refractivity contribution in [1.82, 2.24) is 10.2 Å². The van der Waals surface area contributed by atoms with Crippen LogP contribution in [0.4, 0.5) is 4.79 Å². The summed E-state index contributed by atoms with van der Waals surface area (Å²) in [5.41, 5.74) is -1.53. The van der Waals surface area contributed by atoms with Crippen LogP contribution in [-0.4, -0.2) is 63.4 Å². The van der Waals surface area contributed by atoms with Crippen molar-refractivity contribution >= 4 is 18.0 Å². The largest absolute Gasteiger partial charge is 0.458 e. The van der Waals surface area contributed by atoms with E-state index >= 15 is 0 Å². The molecule has 0 spiro atoms. The number of aliphatic hydroxyl groups is 1. The topological polar surface area (TPSA) is 105 Å². The molecule has 0 unspecified atom stereocenters. The van der Waals surface area contributed by atoms with Crippen LogP contribution in [0, 0.1) is 11.8 Å². The lowest BCUT2D eigenvalue weighted by Crippen LogP contribution is -2.60. The third kappa shape index (κ3) is 8.99. The molecule has 0 aromatic heterocycles. The zero-order chi connectivity index (χ0) is 25.7. The first-order valence-electron chi connectivity index (χ1n) is 11.8. The number of rotatable bonds is 7. The van der Waals surface area contributed by atoms with E-state index in [4.69, 9.17) is 9.47 Å². The number of allylic oxidation sites excluding steroid dienone is 1. The summed E-state index contributed by atoms with van der Waals surface area (Å²) >= 11 is 0. The first-order chi connectivity index (χ1) is 15.0. The molecule has 1 aliphatic rings. The van der Waals surface area contributed by atoms with Gasteiger partial charge >= 0.3 is 12.1 Å². The number of amides is 2. The second-order valence-electron chi connectivity index (χ2n) is 11.3. The van der Waals surface area contributed by atoms with Gasteiger partial charge in [0.1, 0.15) is 17.2 Å². The fourth-order valence-electron chi connectivity index (χ4n) is 4.22. The zero-order valence-corrected chi connectivity index (χ0v) is 22.0. The van der Waals surface area contributed by atoms with Gasteiger partial charge in [-0.2, -0.15) is 0 Å². The lowest BCUT2D eigenvalue weighted by atomic mass is 9.87. The normalized spacial score (nSPS) is 23.5. The number of nitrogens with zero attached hydrogens (tertiary/aromatic N) is 1. The number of nitrogens with one attached hydrogen (secondary N) is 1.